The molecule has 3 fully saturated rings. The van der Waals surface area contributed by atoms with Crippen LogP contribution in [0.1, 0.15) is 38.5 Å². The zero-order chi connectivity index (χ0) is 23.1. The van der Waals surface area contributed by atoms with Crippen molar-refractivity contribution >= 4 is 16.1 Å². The topological polar surface area (TPSA) is 84.9 Å². The highest BCUT2D eigenvalue weighted by molar-refractivity contribution is 7.89. The predicted molar refractivity (Wildman–Crippen MR) is 94.5 cm³/mol. The first kappa shape index (κ1) is 24.4. The number of carbonyl (C=O) groups excluding carboxylic acids is 1. The smallest absolute Gasteiger partial charge is 0.398 e. The van der Waals surface area contributed by atoms with Gasteiger partial charge in [0.1, 0.15) is 0 Å². The highest BCUT2D eigenvalue weighted by Crippen LogP contribution is 2.41. The molecular weight excluding hydrogens is 458 g/mol. The van der Waals surface area contributed by atoms with Gasteiger partial charge in [0, 0.05) is 19.1 Å². The molecule has 3 aliphatic rings. The first-order chi connectivity index (χ1) is 14.3. The molecule has 0 aromatic heterocycles. The first-order valence-electron chi connectivity index (χ1n) is 9.91. The second kappa shape index (κ2) is 8.58. The Labute approximate surface area is 175 Å². The van der Waals surface area contributed by atoms with Crippen LogP contribution in [0.4, 0.5) is 31.1 Å². The molecule has 0 aromatic carbocycles. The van der Waals surface area contributed by atoms with E-state index in [2.05, 4.69) is 9.46 Å². The number of halogens is 6. The molecule has 1 amide bonds. The number of ether oxygens (including phenoxy) is 2. The van der Waals surface area contributed by atoms with E-state index in [0.29, 0.717) is 12.8 Å². The summed E-state index contributed by atoms with van der Waals surface area (Å²) in [5.41, 5.74) is -0.714. The van der Waals surface area contributed by atoms with Crippen molar-refractivity contribution in [3.8, 4) is 0 Å². The van der Waals surface area contributed by atoms with Gasteiger partial charge in [0.25, 0.3) is 0 Å². The molecule has 0 radical (unpaired) electrons. The van der Waals surface area contributed by atoms with Crippen molar-refractivity contribution in [2.24, 2.45) is 5.92 Å². The third-order valence-corrected chi connectivity index (χ3v) is 7.48. The van der Waals surface area contributed by atoms with Crippen molar-refractivity contribution in [2.75, 3.05) is 25.4 Å². The van der Waals surface area contributed by atoms with Gasteiger partial charge in [-0.2, -0.15) is 17.6 Å². The maximum atomic E-state index is 13.6. The summed E-state index contributed by atoms with van der Waals surface area (Å²) in [7, 11) is -3.40. The summed E-state index contributed by atoms with van der Waals surface area (Å²) in [6, 6.07) is -0.401. The highest BCUT2D eigenvalue weighted by atomic mass is 32.2. The lowest BCUT2D eigenvalue weighted by atomic mass is 9.83. The molecular formula is C17H24F6N2O5S. The Balaban J connectivity index is 1.48. The lowest BCUT2D eigenvalue weighted by Crippen LogP contribution is -2.56. The number of likely N-dealkylation sites (tertiary alicyclic amines) is 1. The molecule has 180 valence electrons. The number of nitrogens with zero attached hydrogens (tertiary/aromatic N) is 1. The van der Waals surface area contributed by atoms with Crippen molar-refractivity contribution in [3.63, 3.8) is 0 Å². The van der Waals surface area contributed by atoms with Crippen LogP contribution in [-0.4, -0.2) is 75.0 Å². The number of nitrogens with one attached hydrogen (secondary N) is 1. The minimum Gasteiger partial charge on any atom is -0.398 e. The van der Waals surface area contributed by atoms with Crippen LogP contribution < -0.4 is 4.72 Å². The first-order valence-corrected chi connectivity index (χ1v) is 11.6. The summed E-state index contributed by atoms with van der Waals surface area (Å²) in [5, 5.41) is 0. The molecule has 1 saturated carbocycles. The monoisotopic (exact) mass is 482 g/mol. The van der Waals surface area contributed by atoms with Gasteiger partial charge in [-0.3, -0.25) is 0 Å². The van der Waals surface area contributed by atoms with Crippen LogP contribution in [0.15, 0.2) is 0 Å². The number of rotatable bonds is 6. The van der Waals surface area contributed by atoms with Crippen molar-refractivity contribution in [1.29, 1.82) is 0 Å². The number of amides is 1. The van der Waals surface area contributed by atoms with Gasteiger partial charge in [-0.05, 0) is 44.4 Å². The van der Waals surface area contributed by atoms with Gasteiger partial charge in [0.15, 0.2) is 0 Å². The number of hydrogen-bond acceptors (Lipinski definition) is 5. The van der Waals surface area contributed by atoms with Crippen molar-refractivity contribution in [1.82, 2.24) is 9.62 Å². The number of alkyl halides is 6. The van der Waals surface area contributed by atoms with Gasteiger partial charge in [-0.15, -0.1) is 0 Å². The van der Waals surface area contributed by atoms with Gasteiger partial charge in [0.05, 0.1) is 18.0 Å². The molecule has 1 aliphatic carbocycles. The second-order valence-electron chi connectivity index (χ2n) is 8.37. The van der Waals surface area contributed by atoms with E-state index in [-0.39, 0.29) is 44.2 Å². The molecule has 31 heavy (non-hydrogen) atoms. The van der Waals surface area contributed by atoms with Crippen LogP contribution in [0.5, 0.6) is 0 Å². The highest BCUT2D eigenvalue weighted by Gasteiger charge is 2.67. The molecule has 2 atom stereocenters. The molecule has 3 rings (SSSR count). The zero-order valence-corrected chi connectivity index (χ0v) is 17.3. The maximum absolute atomic E-state index is 13.6. The molecule has 2 heterocycles. The summed E-state index contributed by atoms with van der Waals surface area (Å²) >= 11 is 0. The van der Waals surface area contributed by atoms with E-state index in [1.165, 1.54) is 0 Å². The van der Waals surface area contributed by atoms with Crippen LogP contribution >= 0.6 is 0 Å². The van der Waals surface area contributed by atoms with E-state index >= 15 is 0 Å². The predicted octanol–water partition coefficient (Wildman–Crippen LogP) is 2.96. The molecule has 2 unspecified atom stereocenters. The van der Waals surface area contributed by atoms with E-state index in [1.807, 2.05) is 0 Å². The lowest BCUT2D eigenvalue weighted by Gasteiger charge is -2.45. The van der Waals surface area contributed by atoms with Crippen LogP contribution in [0, 0.1) is 5.92 Å². The Hall–Kier alpha value is -1.28. The summed E-state index contributed by atoms with van der Waals surface area (Å²) < 4.78 is 113. The minimum atomic E-state index is -6.08. The normalized spacial score (nSPS) is 26.7. The third kappa shape index (κ3) is 5.75. The number of sulfonamides is 1. The average Bonchev–Trinajstić information content (AvgIpc) is 3.46. The molecule has 2 saturated heterocycles. The number of piperidine rings is 1. The van der Waals surface area contributed by atoms with Gasteiger partial charge >= 0.3 is 24.5 Å². The van der Waals surface area contributed by atoms with Crippen LogP contribution in [0.3, 0.4) is 0 Å². The lowest BCUT2D eigenvalue weighted by molar-refractivity contribution is -0.351. The maximum Gasteiger partial charge on any atom is 0.466 e. The fraction of sp³-hybridized carbons (Fsp3) is 0.941. The van der Waals surface area contributed by atoms with E-state index in [0.717, 1.165) is 17.7 Å². The van der Waals surface area contributed by atoms with Gasteiger partial charge in [0.2, 0.25) is 10.0 Å². The Morgan fingerprint density at radius 3 is 2.19 bits per heavy atom. The SMILES string of the molecule is O=C(OC(F)(C(F)F)C(F)(F)F)N1CCC2(CCC(NS(=O)(=O)CC3CC3)CO2)CC1. The Kier molecular flexibility index (Phi) is 6.74. The summed E-state index contributed by atoms with van der Waals surface area (Å²) in [5.74, 6) is -5.10. The van der Waals surface area contributed by atoms with Crippen LogP contribution in [-0.2, 0) is 19.5 Å². The molecule has 1 spiro atoms. The van der Waals surface area contributed by atoms with Crippen molar-refractivity contribution < 1.29 is 49.0 Å². The summed E-state index contributed by atoms with van der Waals surface area (Å²) in [6.07, 6.45) is -9.44. The Morgan fingerprint density at radius 1 is 1.13 bits per heavy atom. The van der Waals surface area contributed by atoms with Crippen LogP contribution in [0.25, 0.3) is 0 Å². The summed E-state index contributed by atoms with van der Waals surface area (Å²) in [4.78, 5) is 12.6. The van der Waals surface area contributed by atoms with E-state index in [9.17, 15) is 39.6 Å². The van der Waals surface area contributed by atoms with Crippen molar-refractivity contribution in [2.45, 2.75) is 68.6 Å². The van der Waals surface area contributed by atoms with Gasteiger partial charge in [-0.25, -0.2) is 26.7 Å². The fourth-order valence-electron chi connectivity index (χ4n) is 3.77. The molecule has 1 N–H and O–H groups in total. The van der Waals surface area contributed by atoms with Gasteiger partial charge < -0.3 is 14.4 Å². The third-order valence-electron chi connectivity index (χ3n) is 5.87. The number of hydrogen-bond donors (Lipinski definition) is 1. The summed E-state index contributed by atoms with van der Waals surface area (Å²) in [6.45, 7) is -0.246. The molecule has 7 nitrogen and oxygen atoms in total. The second-order valence-corrected chi connectivity index (χ2v) is 10.2. The van der Waals surface area contributed by atoms with Crippen LogP contribution in [0.2, 0.25) is 0 Å². The molecule has 14 heteroatoms. The average molecular weight is 482 g/mol. The van der Waals surface area contributed by atoms with Gasteiger partial charge in [-0.1, -0.05) is 0 Å². The molecule has 0 bridgehead atoms. The Bertz CT molecular complexity index is 757. The largest absolute Gasteiger partial charge is 0.466 e. The number of carbonyl (C=O) groups is 1. The molecule has 2 aliphatic heterocycles. The van der Waals surface area contributed by atoms with E-state index in [1.54, 1.807) is 0 Å². The van der Waals surface area contributed by atoms with E-state index in [4.69, 9.17) is 4.74 Å². The van der Waals surface area contributed by atoms with Crippen molar-refractivity contribution in [3.05, 3.63) is 0 Å². The Morgan fingerprint density at radius 2 is 1.74 bits per heavy atom. The quantitative estimate of drug-likeness (QED) is 0.589. The minimum absolute atomic E-state index is 0.0817. The standard InChI is InChI=1S/C17H24F6N2O5S/c18-13(19)16(20,17(21,22)23)30-14(26)25-7-5-15(6-8-25)4-3-12(9-29-15)24-31(27,28)10-11-1-2-11/h11-13,24H,1-10H2. The fourth-order valence-corrected chi connectivity index (χ4v) is 5.51. The zero-order valence-electron chi connectivity index (χ0n) is 16.5. The molecule has 0 aromatic rings. The van der Waals surface area contributed by atoms with E-state index < -0.39 is 46.2 Å².